The number of benzene rings is 2. The fourth-order valence-electron chi connectivity index (χ4n) is 2.58. The molecule has 1 aromatic heterocycles. The van der Waals surface area contributed by atoms with Crippen molar-refractivity contribution in [1.82, 2.24) is 4.57 Å². The van der Waals surface area contributed by atoms with Crippen molar-refractivity contribution in [3.8, 4) is 17.7 Å². The highest BCUT2D eigenvalue weighted by atomic mass is 16.5. The monoisotopic (exact) mass is 317 g/mol. The Kier molecular flexibility index (Phi) is 4.26. The van der Waals surface area contributed by atoms with Crippen molar-refractivity contribution in [3.05, 3.63) is 77.0 Å². The Morgan fingerprint density at radius 2 is 1.79 bits per heavy atom. The van der Waals surface area contributed by atoms with E-state index >= 15 is 0 Å². The zero-order chi connectivity index (χ0) is 17.1. The molecular weight excluding hydrogens is 298 g/mol. The quantitative estimate of drug-likeness (QED) is 0.775. The number of ether oxygens (including phenoxy) is 1. The Bertz CT molecular complexity index is 902. The summed E-state index contributed by atoms with van der Waals surface area (Å²) in [5.74, 6) is 1.20. The van der Waals surface area contributed by atoms with Gasteiger partial charge in [-0.3, -0.25) is 4.57 Å². The van der Waals surface area contributed by atoms with Crippen LogP contribution in [0.15, 0.2) is 54.6 Å². The van der Waals surface area contributed by atoms with Crippen LogP contribution in [0.25, 0.3) is 0 Å². The lowest BCUT2D eigenvalue weighted by molar-refractivity contribution is 0.437. The molecule has 0 radical (unpaired) electrons. The number of nitriles is 1. The van der Waals surface area contributed by atoms with Crippen LogP contribution in [0.1, 0.15) is 22.4 Å². The van der Waals surface area contributed by atoms with Crippen molar-refractivity contribution < 1.29 is 4.74 Å². The van der Waals surface area contributed by atoms with Gasteiger partial charge in [0.25, 0.3) is 0 Å². The van der Waals surface area contributed by atoms with Crippen molar-refractivity contribution in [2.75, 3.05) is 5.73 Å². The molecular formula is C20H19N3O. The number of hydrogen-bond donors (Lipinski definition) is 1. The molecule has 0 spiro atoms. The summed E-state index contributed by atoms with van der Waals surface area (Å²) in [6.07, 6.45) is 0. The number of aryl methyl sites for hydroxylation is 2. The van der Waals surface area contributed by atoms with Gasteiger partial charge in [0.15, 0.2) is 0 Å². The summed E-state index contributed by atoms with van der Waals surface area (Å²) in [6.45, 7) is 4.58. The SMILES string of the molecule is Cc1ccc(Cn2c(C#N)cc(N)c2Oc2cccc(C)c2)cc1. The topological polar surface area (TPSA) is 64.0 Å². The zero-order valence-corrected chi connectivity index (χ0v) is 13.8. The molecule has 1 heterocycles. The van der Waals surface area contributed by atoms with E-state index in [-0.39, 0.29) is 0 Å². The third-order valence-corrected chi connectivity index (χ3v) is 3.86. The molecule has 4 nitrogen and oxygen atoms in total. The number of rotatable bonds is 4. The summed E-state index contributed by atoms with van der Waals surface area (Å²) >= 11 is 0. The molecule has 0 saturated heterocycles. The molecule has 0 aliphatic rings. The Hall–Kier alpha value is -3.19. The van der Waals surface area contributed by atoms with E-state index < -0.39 is 0 Å². The number of hydrogen-bond acceptors (Lipinski definition) is 3. The van der Waals surface area contributed by atoms with Crippen LogP contribution in [-0.2, 0) is 6.54 Å². The average molecular weight is 317 g/mol. The minimum Gasteiger partial charge on any atom is -0.439 e. The molecule has 0 unspecified atom stereocenters. The highest BCUT2D eigenvalue weighted by Gasteiger charge is 2.16. The minimum absolute atomic E-state index is 0.458. The molecule has 0 aliphatic carbocycles. The average Bonchev–Trinajstić information content (AvgIpc) is 2.85. The Morgan fingerprint density at radius 1 is 1.04 bits per heavy atom. The first-order chi connectivity index (χ1) is 11.6. The fraction of sp³-hybridized carbons (Fsp3) is 0.150. The van der Waals surface area contributed by atoms with Crippen molar-refractivity contribution in [3.63, 3.8) is 0 Å². The van der Waals surface area contributed by atoms with E-state index in [1.165, 1.54) is 5.56 Å². The van der Waals surface area contributed by atoms with E-state index in [9.17, 15) is 5.26 Å². The first kappa shape index (κ1) is 15.7. The number of nitrogens with zero attached hydrogens (tertiary/aromatic N) is 2. The molecule has 4 heteroatoms. The Balaban J connectivity index is 1.98. The highest BCUT2D eigenvalue weighted by molar-refractivity contribution is 5.57. The number of nitrogens with two attached hydrogens (primary N) is 1. The second kappa shape index (κ2) is 6.51. The fourth-order valence-corrected chi connectivity index (χ4v) is 2.58. The molecule has 24 heavy (non-hydrogen) atoms. The first-order valence-corrected chi connectivity index (χ1v) is 7.76. The smallest absolute Gasteiger partial charge is 0.224 e. The summed E-state index contributed by atoms with van der Waals surface area (Å²) in [5.41, 5.74) is 10.4. The number of nitrogen functional groups attached to an aromatic ring is 1. The second-order valence-corrected chi connectivity index (χ2v) is 5.89. The standard InChI is InChI=1S/C20H19N3O/c1-14-6-8-16(9-7-14)13-23-17(12-21)11-19(22)20(23)24-18-5-3-4-15(2)10-18/h3-11H,13,22H2,1-2H3. The van der Waals surface area contributed by atoms with Crippen molar-refractivity contribution in [2.45, 2.75) is 20.4 Å². The highest BCUT2D eigenvalue weighted by Crippen LogP contribution is 2.32. The van der Waals surface area contributed by atoms with Crippen LogP contribution in [0.3, 0.4) is 0 Å². The van der Waals surface area contributed by atoms with Gasteiger partial charge in [0.2, 0.25) is 5.88 Å². The number of aromatic nitrogens is 1. The van der Waals surface area contributed by atoms with E-state index in [1.807, 2.05) is 54.8 Å². The van der Waals surface area contributed by atoms with E-state index in [0.29, 0.717) is 29.6 Å². The molecule has 0 amide bonds. The van der Waals surface area contributed by atoms with E-state index in [4.69, 9.17) is 10.5 Å². The molecule has 3 rings (SSSR count). The largest absolute Gasteiger partial charge is 0.439 e. The van der Waals surface area contributed by atoms with Gasteiger partial charge >= 0.3 is 0 Å². The molecule has 2 N–H and O–H groups in total. The lowest BCUT2D eigenvalue weighted by atomic mass is 10.1. The van der Waals surface area contributed by atoms with E-state index in [1.54, 1.807) is 6.07 Å². The second-order valence-electron chi connectivity index (χ2n) is 5.89. The first-order valence-electron chi connectivity index (χ1n) is 7.76. The summed E-state index contributed by atoms with van der Waals surface area (Å²) in [5, 5.41) is 9.41. The van der Waals surface area contributed by atoms with Gasteiger partial charge in [-0.15, -0.1) is 0 Å². The van der Waals surface area contributed by atoms with Crippen LogP contribution in [0.2, 0.25) is 0 Å². The number of anilines is 1. The van der Waals surface area contributed by atoms with Crippen LogP contribution in [0.4, 0.5) is 5.69 Å². The van der Waals surface area contributed by atoms with Gasteiger partial charge in [0, 0.05) is 6.07 Å². The van der Waals surface area contributed by atoms with Gasteiger partial charge in [-0.1, -0.05) is 42.0 Å². The maximum Gasteiger partial charge on any atom is 0.224 e. The Morgan fingerprint density at radius 3 is 2.46 bits per heavy atom. The Labute approximate surface area is 141 Å². The van der Waals surface area contributed by atoms with Gasteiger partial charge in [-0.2, -0.15) is 5.26 Å². The molecule has 0 saturated carbocycles. The van der Waals surface area contributed by atoms with E-state index in [2.05, 4.69) is 18.2 Å². The molecule has 120 valence electrons. The third-order valence-electron chi connectivity index (χ3n) is 3.86. The van der Waals surface area contributed by atoms with Crippen LogP contribution < -0.4 is 10.5 Å². The van der Waals surface area contributed by atoms with E-state index in [0.717, 1.165) is 11.1 Å². The third kappa shape index (κ3) is 3.26. The normalized spacial score (nSPS) is 10.4. The summed E-state index contributed by atoms with van der Waals surface area (Å²) in [6, 6.07) is 19.8. The zero-order valence-electron chi connectivity index (χ0n) is 13.8. The van der Waals surface area contributed by atoms with Crippen LogP contribution in [0, 0.1) is 25.2 Å². The molecule has 0 atom stereocenters. The van der Waals surface area contributed by atoms with Crippen LogP contribution in [0.5, 0.6) is 11.6 Å². The molecule has 3 aromatic rings. The van der Waals surface area contributed by atoms with Gasteiger partial charge < -0.3 is 10.5 Å². The molecule has 0 bridgehead atoms. The lowest BCUT2D eigenvalue weighted by Crippen LogP contribution is -2.05. The summed E-state index contributed by atoms with van der Waals surface area (Å²) in [7, 11) is 0. The van der Waals surface area contributed by atoms with Gasteiger partial charge in [0.1, 0.15) is 17.5 Å². The van der Waals surface area contributed by atoms with Gasteiger partial charge in [-0.25, -0.2) is 0 Å². The lowest BCUT2D eigenvalue weighted by Gasteiger charge is -2.13. The van der Waals surface area contributed by atoms with Crippen LogP contribution in [-0.4, -0.2) is 4.57 Å². The summed E-state index contributed by atoms with van der Waals surface area (Å²) < 4.78 is 7.79. The summed E-state index contributed by atoms with van der Waals surface area (Å²) in [4.78, 5) is 0. The maximum atomic E-state index is 9.41. The maximum absolute atomic E-state index is 9.41. The van der Waals surface area contributed by atoms with Crippen molar-refractivity contribution in [2.24, 2.45) is 0 Å². The predicted octanol–water partition coefficient (Wildman–Crippen LogP) is 4.40. The van der Waals surface area contributed by atoms with Gasteiger partial charge in [-0.05, 0) is 37.1 Å². The molecule has 0 aliphatic heterocycles. The molecule has 2 aromatic carbocycles. The minimum atomic E-state index is 0.458. The van der Waals surface area contributed by atoms with Crippen molar-refractivity contribution >= 4 is 5.69 Å². The van der Waals surface area contributed by atoms with Gasteiger partial charge in [0.05, 0.1) is 12.2 Å². The molecule has 0 fully saturated rings. The predicted molar refractivity (Wildman–Crippen MR) is 95.1 cm³/mol. The van der Waals surface area contributed by atoms with Crippen LogP contribution >= 0.6 is 0 Å². The van der Waals surface area contributed by atoms with Crippen molar-refractivity contribution in [1.29, 1.82) is 5.26 Å².